The molecule has 0 bridgehead atoms. The van der Waals surface area contributed by atoms with Crippen LogP contribution in [0.4, 0.5) is 4.39 Å². The molecule has 0 saturated heterocycles. The summed E-state index contributed by atoms with van der Waals surface area (Å²) in [4.78, 5) is 4.46. The van der Waals surface area contributed by atoms with Gasteiger partial charge in [-0.2, -0.15) is 0 Å². The van der Waals surface area contributed by atoms with E-state index in [1.165, 1.54) is 25.0 Å². The number of para-hydroxylation sites is 1. The van der Waals surface area contributed by atoms with E-state index in [1.54, 1.807) is 25.3 Å². The van der Waals surface area contributed by atoms with Crippen LogP contribution in [0.25, 0.3) is 11.4 Å². The number of hydrogen-bond acceptors (Lipinski definition) is 6. The topological polar surface area (TPSA) is 70.8 Å². The Kier molecular flexibility index (Phi) is 6.36. The van der Waals surface area contributed by atoms with Gasteiger partial charge < -0.3 is 14.2 Å². The standard InChI is InChI=1S/C21H21FN4O3/c1-14(15-9-11-16(28-3)12-10-15)23-21(29-4)20-19(13-27-2)26(25-24-20)18-8-6-5-7-17(18)22/h5-12H,1,13H2,2-4H3. The van der Waals surface area contributed by atoms with E-state index in [1.807, 2.05) is 24.3 Å². The van der Waals surface area contributed by atoms with Crippen molar-refractivity contribution in [2.75, 3.05) is 21.3 Å². The van der Waals surface area contributed by atoms with E-state index in [9.17, 15) is 4.39 Å². The lowest BCUT2D eigenvalue weighted by molar-refractivity contribution is 0.178. The Morgan fingerprint density at radius 1 is 1.10 bits per heavy atom. The number of benzene rings is 2. The van der Waals surface area contributed by atoms with Gasteiger partial charge in [0.1, 0.15) is 22.9 Å². The molecule has 0 saturated carbocycles. The highest BCUT2D eigenvalue weighted by Crippen LogP contribution is 2.22. The normalized spacial score (nSPS) is 11.4. The zero-order chi connectivity index (χ0) is 20.8. The van der Waals surface area contributed by atoms with Crippen LogP contribution in [-0.2, 0) is 16.1 Å². The van der Waals surface area contributed by atoms with Gasteiger partial charge in [-0.3, -0.25) is 0 Å². The minimum absolute atomic E-state index is 0.133. The first-order valence-electron chi connectivity index (χ1n) is 8.73. The van der Waals surface area contributed by atoms with Crippen LogP contribution < -0.4 is 4.74 Å². The summed E-state index contributed by atoms with van der Waals surface area (Å²) in [6, 6.07) is 13.6. The second kappa shape index (κ2) is 9.11. The lowest BCUT2D eigenvalue weighted by atomic mass is 10.2. The summed E-state index contributed by atoms with van der Waals surface area (Å²) >= 11 is 0. The molecule has 1 aromatic heterocycles. The molecule has 29 heavy (non-hydrogen) atoms. The van der Waals surface area contributed by atoms with E-state index >= 15 is 0 Å². The predicted octanol–water partition coefficient (Wildman–Crippen LogP) is 3.63. The third kappa shape index (κ3) is 4.33. The van der Waals surface area contributed by atoms with Gasteiger partial charge in [0.25, 0.3) is 0 Å². The summed E-state index contributed by atoms with van der Waals surface area (Å²) in [5.41, 5.74) is 2.35. The Balaban J connectivity index is 2.01. The number of nitrogens with zero attached hydrogens (tertiary/aromatic N) is 4. The van der Waals surface area contributed by atoms with Gasteiger partial charge in [0.15, 0.2) is 5.69 Å². The van der Waals surface area contributed by atoms with Crippen molar-refractivity contribution < 1.29 is 18.6 Å². The number of aliphatic imine (C=N–C) groups is 1. The van der Waals surface area contributed by atoms with Crippen molar-refractivity contribution in [2.45, 2.75) is 6.61 Å². The van der Waals surface area contributed by atoms with Crippen LogP contribution in [-0.4, -0.2) is 42.2 Å². The molecule has 0 radical (unpaired) electrons. The fourth-order valence-corrected chi connectivity index (χ4v) is 2.72. The Hall–Kier alpha value is -3.52. The Bertz CT molecular complexity index is 1030. The molecule has 8 heteroatoms. The summed E-state index contributed by atoms with van der Waals surface area (Å²) in [6.07, 6.45) is 0. The molecule has 7 nitrogen and oxygen atoms in total. The highest BCUT2D eigenvalue weighted by molar-refractivity contribution is 5.96. The molecule has 2 aromatic carbocycles. The van der Waals surface area contributed by atoms with Crippen LogP contribution in [0.5, 0.6) is 5.75 Å². The van der Waals surface area contributed by atoms with Crippen LogP contribution in [0.3, 0.4) is 0 Å². The molecule has 0 spiro atoms. The Morgan fingerprint density at radius 2 is 1.83 bits per heavy atom. The van der Waals surface area contributed by atoms with Gasteiger partial charge in [0, 0.05) is 7.11 Å². The molecule has 150 valence electrons. The predicted molar refractivity (Wildman–Crippen MR) is 108 cm³/mol. The van der Waals surface area contributed by atoms with Crippen LogP contribution in [0.1, 0.15) is 17.0 Å². The van der Waals surface area contributed by atoms with Crippen molar-refractivity contribution in [1.82, 2.24) is 15.0 Å². The first-order valence-corrected chi connectivity index (χ1v) is 8.73. The van der Waals surface area contributed by atoms with Gasteiger partial charge >= 0.3 is 0 Å². The smallest absolute Gasteiger partial charge is 0.244 e. The first-order chi connectivity index (χ1) is 14.1. The SMILES string of the molecule is C=C(N=C(OC)c1nnn(-c2ccccc2F)c1COC)c1ccc(OC)cc1. The maximum absolute atomic E-state index is 14.3. The molecule has 1 heterocycles. The lowest BCUT2D eigenvalue weighted by Crippen LogP contribution is -2.11. The van der Waals surface area contributed by atoms with Crippen molar-refractivity contribution in [2.24, 2.45) is 4.99 Å². The molecule has 0 unspecified atom stereocenters. The minimum Gasteiger partial charge on any atom is -0.497 e. The summed E-state index contributed by atoms with van der Waals surface area (Å²) in [5, 5.41) is 8.22. The van der Waals surface area contributed by atoms with Gasteiger partial charge in [-0.25, -0.2) is 14.1 Å². The summed E-state index contributed by atoms with van der Waals surface area (Å²) in [7, 11) is 4.60. The highest BCUT2D eigenvalue weighted by atomic mass is 19.1. The maximum atomic E-state index is 14.3. The molecule has 0 aliphatic rings. The second-order valence-electron chi connectivity index (χ2n) is 5.98. The third-order valence-electron chi connectivity index (χ3n) is 4.18. The van der Waals surface area contributed by atoms with Crippen LogP contribution in [0.15, 0.2) is 60.1 Å². The zero-order valence-corrected chi connectivity index (χ0v) is 16.4. The van der Waals surface area contributed by atoms with E-state index in [-0.39, 0.29) is 18.2 Å². The second-order valence-corrected chi connectivity index (χ2v) is 5.98. The van der Waals surface area contributed by atoms with Gasteiger partial charge in [-0.1, -0.05) is 23.9 Å². The Labute approximate surface area is 168 Å². The van der Waals surface area contributed by atoms with Gasteiger partial charge in [-0.05, 0) is 42.0 Å². The number of ether oxygens (including phenoxy) is 3. The first kappa shape index (κ1) is 20.2. The molecule has 0 aliphatic heterocycles. The summed E-state index contributed by atoms with van der Waals surface area (Å²) < 4.78 is 31.5. The van der Waals surface area contributed by atoms with Crippen LogP contribution >= 0.6 is 0 Å². The quantitative estimate of drug-likeness (QED) is 0.451. The summed E-state index contributed by atoms with van der Waals surface area (Å²) in [5.74, 6) is 0.494. The van der Waals surface area contributed by atoms with Gasteiger partial charge in [-0.15, -0.1) is 5.10 Å². The van der Waals surface area contributed by atoms with Crippen molar-refractivity contribution in [3.05, 3.63) is 77.9 Å². The van der Waals surface area contributed by atoms with E-state index < -0.39 is 5.82 Å². The summed E-state index contributed by atoms with van der Waals surface area (Å²) in [6.45, 7) is 4.13. The highest BCUT2D eigenvalue weighted by Gasteiger charge is 2.21. The van der Waals surface area contributed by atoms with E-state index in [2.05, 4.69) is 21.9 Å². The number of halogens is 1. The molecule has 3 rings (SSSR count). The third-order valence-corrected chi connectivity index (χ3v) is 4.18. The number of aromatic nitrogens is 3. The fourth-order valence-electron chi connectivity index (χ4n) is 2.72. The Morgan fingerprint density at radius 3 is 2.45 bits per heavy atom. The van der Waals surface area contributed by atoms with E-state index in [4.69, 9.17) is 14.2 Å². The molecule has 0 atom stereocenters. The van der Waals surface area contributed by atoms with E-state index in [0.29, 0.717) is 17.1 Å². The average Bonchev–Trinajstić information content (AvgIpc) is 3.15. The monoisotopic (exact) mass is 396 g/mol. The maximum Gasteiger partial charge on any atom is 0.244 e. The molecule has 0 amide bonds. The molecule has 0 aliphatic carbocycles. The van der Waals surface area contributed by atoms with Crippen molar-refractivity contribution in [3.8, 4) is 11.4 Å². The lowest BCUT2D eigenvalue weighted by Gasteiger charge is -2.09. The molecule has 0 N–H and O–H groups in total. The van der Waals surface area contributed by atoms with Crippen molar-refractivity contribution in [1.29, 1.82) is 0 Å². The van der Waals surface area contributed by atoms with E-state index in [0.717, 1.165) is 11.3 Å². The minimum atomic E-state index is -0.431. The molecule has 0 fully saturated rings. The van der Waals surface area contributed by atoms with Gasteiger partial charge in [0.05, 0.1) is 26.5 Å². The molecule has 3 aromatic rings. The number of hydrogen-bond donors (Lipinski definition) is 0. The van der Waals surface area contributed by atoms with Crippen molar-refractivity contribution in [3.63, 3.8) is 0 Å². The largest absolute Gasteiger partial charge is 0.497 e. The fraction of sp³-hybridized carbons (Fsp3) is 0.190. The average molecular weight is 396 g/mol. The van der Waals surface area contributed by atoms with Crippen LogP contribution in [0, 0.1) is 5.82 Å². The number of rotatable bonds is 7. The zero-order valence-electron chi connectivity index (χ0n) is 16.4. The van der Waals surface area contributed by atoms with Gasteiger partial charge in [0.2, 0.25) is 5.90 Å². The van der Waals surface area contributed by atoms with Crippen molar-refractivity contribution >= 4 is 11.6 Å². The van der Waals surface area contributed by atoms with Crippen LogP contribution in [0.2, 0.25) is 0 Å². The number of methoxy groups -OCH3 is 3. The molecular weight excluding hydrogens is 375 g/mol. The molecular formula is C21H21FN4O3.